The highest BCUT2D eigenvalue weighted by atomic mass is 32.1. The van der Waals surface area contributed by atoms with Gasteiger partial charge in [0.25, 0.3) is 0 Å². The molecule has 0 bridgehead atoms. The molecule has 1 atom stereocenters. The van der Waals surface area contributed by atoms with Crippen molar-refractivity contribution in [3.8, 4) is 0 Å². The molecule has 1 fully saturated rings. The molecule has 2 N–H and O–H groups in total. The maximum absolute atomic E-state index is 5.26. The van der Waals surface area contributed by atoms with E-state index in [1.165, 1.54) is 19.3 Å². The molecule has 86 valence electrons. The van der Waals surface area contributed by atoms with Gasteiger partial charge in [-0.3, -0.25) is 0 Å². The van der Waals surface area contributed by atoms with Crippen molar-refractivity contribution in [1.29, 1.82) is 0 Å². The molecule has 0 radical (unpaired) electrons. The highest BCUT2D eigenvalue weighted by Gasteiger charge is 2.23. The maximum Gasteiger partial charge on any atom is 0.170 e. The van der Waals surface area contributed by atoms with Gasteiger partial charge in [-0.15, -0.1) is 0 Å². The van der Waals surface area contributed by atoms with Crippen molar-refractivity contribution in [2.24, 2.45) is 5.92 Å². The van der Waals surface area contributed by atoms with Crippen LogP contribution in [-0.2, 0) is 0 Å². The number of thiocarbonyl (C=S) groups is 1. The summed E-state index contributed by atoms with van der Waals surface area (Å²) >= 11 is 5.26. The van der Waals surface area contributed by atoms with Crippen LogP contribution in [0.15, 0.2) is 30.3 Å². The van der Waals surface area contributed by atoms with E-state index in [1.807, 2.05) is 30.3 Å². The third kappa shape index (κ3) is 3.81. The number of para-hydroxylation sites is 1. The van der Waals surface area contributed by atoms with E-state index in [0.29, 0.717) is 6.04 Å². The zero-order valence-corrected chi connectivity index (χ0v) is 10.4. The zero-order chi connectivity index (χ0) is 11.4. The lowest BCUT2D eigenvalue weighted by molar-refractivity contribution is 0.565. The van der Waals surface area contributed by atoms with Crippen LogP contribution in [0.1, 0.15) is 26.2 Å². The Balaban J connectivity index is 1.75. The van der Waals surface area contributed by atoms with E-state index >= 15 is 0 Å². The number of hydrogen-bond acceptors (Lipinski definition) is 1. The van der Waals surface area contributed by atoms with Gasteiger partial charge < -0.3 is 10.6 Å². The molecule has 2 rings (SSSR count). The largest absolute Gasteiger partial charge is 0.360 e. The number of anilines is 1. The van der Waals surface area contributed by atoms with Gasteiger partial charge in [0.15, 0.2) is 5.11 Å². The molecule has 0 spiro atoms. The minimum atomic E-state index is 0.469. The molecule has 0 aliphatic heterocycles. The van der Waals surface area contributed by atoms with Crippen LogP contribution < -0.4 is 10.6 Å². The first-order valence-corrected chi connectivity index (χ1v) is 6.27. The second-order valence-corrected chi connectivity index (χ2v) is 4.95. The SMILES string of the molecule is CC(CC1CC1)NC(=S)Nc1ccccc1. The summed E-state index contributed by atoms with van der Waals surface area (Å²) in [5.41, 5.74) is 1.04. The Labute approximate surface area is 102 Å². The minimum absolute atomic E-state index is 0.469. The standard InChI is InChI=1S/C13H18N2S/c1-10(9-11-7-8-11)14-13(16)15-12-5-3-2-4-6-12/h2-6,10-11H,7-9H2,1H3,(H2,14,15,16). The van der Waals surface area contributed by atoms with Crippen LogP contribution in [0.4, 0.5) is 5.69 Å². The third-order valence-electron chi connectivity index (χ3n) is 2.79. The molecular weight excluding hydrogens is 216 g/mol. The molecule has 0 saturated heterocycles. The lowest BCUT2D eigenvalue weighted by Crippen LogP contribution is -2.36. The lowest BCUT2D eigenvalue weighted by Gasteiger charge is -2.16. The van der Waals surface area contributed by atoms with Gasteiger partial charge >= 0.3 is 0 Å². The number of rotatable bonds is 4. The lowest BCUT2D eigenvalue weighted by atomic mass is 10.2. The first kappa shape index (κ1) is 11.4. The summed E-state index contributed by atoms with van der Waals surface area (Å²) in [4.78, 5) is 0. The molecule has 1 aromatic rings. The average Bonchev–Trinajstić information content (AvgIpc) is 3.02. The minimum Gasteiger partial charge on any atom is -0.360 e. The molecule has 1 unspecified atom stereocenters. The van der Waals surface area contributed by atoms with E-state index in [9.17, 15) is 0 Å². The summed E-state index contributed by atoms with van der Waals surface area (Å²) in [7, 11) is 0. The van der Waals surface area contributed by atoms with Crippen molar-refractivity contribution in [2.45, 2.75) is 32.2 Å². The first-order chi connectivity index (χ1) is 7.74. The molecule has 1 aliphatic rings. The van der Waals surface area contributed by atoms with Crippen LogP contribution in [0.3, 0.4) is 0 Å². The molecule has 0 heterocycles. The molecule has 16 heavy (non-hydrogen) atoms. The molecule has 2 nitrogen and oxygen atoms in total. The predicted octanol–water partition coefficient (Wildman–Crippen LogP) is 3.16. The molecular formula is C13H18N2S. The first-order valence-electron chi connectivity index (χ1n) is 5.86. The van der Waals surface area contributed by atoms with Crippen molar-refractivity contribution in [1.82, 2.24) is 5.32 Å². The van der Waals surface area contributed by atoms with Gasteiger partial charge in [0, 0.05) is 11.7 Å². The monoisotopic (exact) mass is 234 g/mol. The van der Waals surface area contributed by atoms with Crippen molar-refractivity contribution in [2.75, 3.05) is 5.32 Å². The van der Waals surface area contributed by atoms with Gasteiger partial charge in [-0.25, -0.2) is 0 Å². The van der Waals surface area contributed by atoms with Crippen molar-refractivity contribution >= 4 is 23.0 Å². The van der Waals surface area contributed by atoms with E-state index in [2.05, 4.69) is 17.6 Å². The van der Waals surface area contributed by atoms with Crippen LogP contribution in [0.5, 0.6) is 0 Å². The highest BCUT2D eigenvalue weighted by Crippen LogP contribution is 2.33. The van der Waals surface area contributed by atoms with Gasteiger partial charge in [0.1, 0.15) is 0 Å². The van der Waals surface area contributed by atoms with Gasteiger partial charge in [-0.2, -0.15) is 0 Å². The fourth-order valence-corrected chi connectivity index (χ4v) is 2.14. The second kappa shape index (κ2) is 5.30. The molecule has 0 aromatic heterocycles. The predicted molar refractivity (Wildman–Crippen MR) is 72.6 cm³/mol. The number of nitrogens with one attached hydrogen (secondary N) is 2. The average molecular weight is 234 g/mol. The van der Waals surface area contributed by atoms with E-state index in [4.69, 9.17) is 12.2 Å². The Bertz CT molecular complexity index is 346. The number of benzene rings is 1. The summed E-state index contributed by atoms with van der Waals surface area (Å²) < 4.78 is 0. The third-order valence-corrected chi connectivity index (χ3v) is 3.01. The smallest absolute Gasteiger partial charge is 0.170 e. The molecule has 3 heteroatoms. The molecule has 1 aliphatic carbocycles. The molecule has 0 amide bonds. The molecule has 1 aromatic carbocycles. The Morgan fingerprint density at radius 1 is 1.38 bits per heavy atom. The zero-order valence-electron chi connectivity index (χ0n) is 9.57. The topological polar surface area (TPSA) is 24.1 Å². The summed E-state index contributed by atoms with van der Waals surface area (Å²) in [5.74, 6) is 0.932. The van der Waals surface area contributed by atoms with Crippen molar-refractivity contribution < 1.29 is 0 Å². The van der Waals surface area contributed by atoms with Crippen LogP contribution in [0.25, 0.3) is 0 Å². The molecule has 1 saturated carbocycles. The Kier molecular flexibility index (Phi) is 3.78. The summed E-state index contributed by atoms with van der Waals surface area (Å²) in [6.45, 7) is 2.19. The Morgan fingerprint density at radius 3 is 2.69 bits per heavy atom. The normalized spacial score (nSPS) is 16.6. The van der Waals surface area contributed by atoms with Crippen LogP contribution in [0.2, 0.25) is 0 Å². The van der Waals surface area contributed by atoms with Crippen molar-refractivity contribution in [3.05, 3.63) is 30.3 Å². The van der Waals surface area contributed by atoms with Crippen molar-refractivity contribution in [3.63, 3.8) is 0 Å². The fraction of sp³-hybridized carbons (Fsp3) is 0.462. The van der Waals surface area contributed by atoms with E-state index in [1.54, 1.807) is 0 Å². The van der Waals surface area contributed by atoms with Gasteiger partial charge in [-0.1, -0.05) is 31.0 Å². The van der Waals surface area contributed by atoms with Gasteiger partial charge in [-0.05, 0) is 43.6 Å². The van der Waals surface area contributed by atoms with E-state index in [0.717, 1.165) is 16.7 Å². The summed E-state index contributed by atoms with van der Waals surface area (Å²) in [6.07, 6.45) is 4.02. The quantitative estimate of drug-likeness (QED) is 0.783. The maximum atomic E-state index is 5.26. The van der Waals surface area contributed by atoms with Crippen LogP contribution in [-0.4, -0.2) is 11.2 Å². The second-order valence-electron chi connectivity index (χ2n) is 4.54. The van der Waals surface area contributed by atoms with Gasteiger partial charge in [0.05, 0.1) is 0 Å². The van der Waals surface area contributed by atoms with E-state index in [-0.39, 0.29) is 0 Å². The number of hydrogen-bond donors (Lipinski definition) is 2. The fourth-order valence-electron chi connectivity index (χ4n) is 1.82. The Morgan fingerprint density at radius 2 is 2.06 bits per heavy atom. The summed E-state index contributed by atoms with van der Waals surface area (Å²) in [5, 5.41) is 7.23. The van der Waals surface area contributed by atoms with Gasteiger partial charge in [0.2, 0.25) is 0 Å². The van der Waals surface area contributed by atoms with Crippen LogP contribution in [0, 0.1) is 5.92 Å². The van der Waals surface area contributed by atoms with E-state index < -0.39 is 0 Å². The Hall–Kier alpha value is -1.09. The van der Waals surface area contributed by atoms with Crippen LogP contribution >= 0.6 is 12.2 Å². The highest BCUT2D eigenvalue weighted by molar-refractivity contribution is 7.80. The summed E-state index contributed by atoms with van der Waals surface area (Å²) in [6, 6.07) is 10.5.